The van der Waals surface area contributed by atoms with Gasteiger partial charge in [0, 0.05) is 0 Å². The van der Waals surface area contributed by atoms with Crippen LogP contribution in [0.5, 0.6) is 0 Å². The van der Waals surface area contributed by atoms with Crippen molar-refractivity contribution in [3.05, 3.63) is 12.3 Å². The Morgan fingerprint density at radius 3 is 2.69 bits per heavy atom. The molecule has 0 aromatic rings. The van der Waals surface area contributed by atoms with E-state index in [1.165, 1.54) is 12.3 Å². The molecule has 3 heteroatoms. The molecule has 0 rings (SSSR count). The van der Waals surface area contributed by atoms with Gasteiger partial charge in [0.2, 0.25) is 0 Å². The first-order valence-corrected chi connectivity index (χ1v) is 4.65. The van der Waals surface area contributed by atoms with Gasteiger partial charge >= 0.3 is 5.97 Å². The van der Waals surface area contributed by atoms with Crippen LogP contribution < -0.4 is 0 Å². The Bertz CT molecular complexity index is 162. The molecule has 0 saturated heterocycles. The number of hydrogen-bond donors (Lipinski definition) is 0. The normalized spacial score (nSPS) is 10.8. The summed E-state index contributed by atoms with van der Waals surface area (Å²) in [5.41, 5.74) is 0. The van der Waals surface area contributed by atoms with Crippen LogP contribution in [-0.4, -0.2) is 18.7 Å². The molecule has 0 fully saturated rings. The second-order valence-electron chi connectivity index (χ2n) is 3.01. The molecular formula is C10H18O3. The predicted molar refractivity (Wildman–Crippen MR) is 51.2 cm³/mol. The van der Waals surface area contributed by atoms with E-state index in [0.717, 1.165) is 12.8 Å². The molecule has 0 aliphatic heterocycles. The van der Waals surface area contributed by atoms with Gasteiger partial charge in [-0.15, -0.1) is 0 Å². The Hall–Kier alpha value is -0.990. The topological polar surface area (TPSA) is 35.5 Å². The SMILES string of the molecule is CCCCOC(=O)/C=C/OC(C)C. The van der Waals surface area contributed by atoms with Gasteiger partial charge in [-0.3, -0.25) is 0 Å². The minimum atomic E-state index is -0.339. The van der Waals surface area contributed by atoms with Gasteiger partial charge in [-0.25, -0.2) is 4.79 Å². The molecule has 0 spiro atoms. The maximum absolute atomic E-state index is 10.9. The maximum Gasteiger partial charge on any atom is 0.333 e. The van der Waals surface area contributed by atoms with Crippen molar-refractivity contribution in [2.24, 2.45) is 0 Å². The van der Waals surface area contributed by atoms with Crippen LogP contribution in [0.2, 0.25) is 0 Å². The van der Waals surface area contributed by atoms with Crippen molar-refractivity contribution in [2.45, 2.75) is 39.7 Å². The van der Waals surface area contributed by atoms with Crippen molar-refractivity contribution in [2.75, 3.05) is 6.61 Å². The molecule has 0 radical (unpaired) electrons. The summed E-state index contributed by atoms with van der Waals surface area (Å²) in [4.78, 5) is 10.9. The van der Waals surface area contributed by atoms with E-state index in [9.17, 15) is 4.79 Å². The highest BCUT2D eigenvalue weighted by molar-refractivity contribution is 5.81. The van der Waals surface area contributed by atoms with Crippen molar-refractivity contribution in [3.63, 3.8) is 0 Å². The zero-order valence-corrected chi connectivity index (χ0v) is 8.58. The van der Waals surface area contributed by atoms with Crippen LogP contribution in [0, 0.1) is 0 Å². The van der Waals surface area contributed by atoms with Crippen molar-refractivity contribution >= 4 is 5.97 Å². The van der Waals surface area contributed by atoms with Crippen LogP contribution in [0.15, 0.2) is 12.3 Å². The Morgan fingerprint density at radius 1 is 1.46 bits per heavy atom. The fourth-order valence-corrected chi connectivity index (χ4v) is 0.617. The van der Waals surface area contributed by atoms with Gasteiger partial charge in [0.05, 0.1) is 25.0 Å². The number of unbranched alkanes of at least 4 members (excludes halogenated alkanes) is 1. The van der Waals surface area contributed by atoms with Gasteiger partial charge in [0.15, 0.2) is 0 Å². The van der Waals surface area contributed by atoms with E-state index in [2.05, 4.69) is 0 Å². The van der Waals surface area contributed by atoms with E-state index in [1.54, 1.807) is 0 Å². The fraction of sp³-hybridized carbons (Fsp3) is 0.700. The Morgan fingerprint density at radius 2 is 2.15 bits per heavy atom. The average Bonchev–Trinajstić information content (AvgIpc) is 2.04. The third-order valence-electron chi connectivity index (χ3n) is 1.30. The molecule has 0 heterocycles. The summed E-state index contributed by atoms with van der Waals surface area (Å²) in [6.07, 6.45) is 4.71. The maximum atomic E-state index is 10.9. The first-order chi connectivity index (χ1) is 6.16. The van der Waals surface area contributed by atoms with E-state index in [1.807, 2.05) is 20.8 Å². The first kappa shape index (κ1) is 12.0. The molecule has 3 nitrogen and oxygen atoms in total. The van der Waals surface area contributed by atoms with Gasteiger partial charge in [-0.2, -0.15) is 0 Å². The van der Waals surface area contributed by atoms with Gasteiger partial charge < -0.3 is 9.47 Å². The van der Waals surface area contributed by atoms with Crippen molar-refractivity contribution in [1.82, 2.24) is 0 Å². The number of esters is 1. The van der Waals surface area contributed by atoms with Crippen LogP contribution in [0.25, 0.3) is 0 Å². The van der Waals surface area contributed by atoms with E-state index in [-0.39, 0.29) is 12.1 Å². The predicted octanol–water partition coefficient (Wildman–Crippen LogP) is 2.27. The van der Waals surface area contributed by atoms with Crippen LogP contribution in [0.3, 0.4) is 0 Å². The Labute approximate surface area is 79.7 Å². The minimum absolute atomic E-state index is 0.0969. The van der Waals surface area contributed by atoms with E-state index in [4.69, 9.17) is 9.47 Å². The number of carbonyl (C=O) groups is 1. The molecule has 0 bridgehead atoms. The smallest absolute Gasteiger partial charge is 0.333 e. The molecule has 0 aliphatic rings. The fourth-order valence-electron chi connectivity index (χ4n) is 0.617. The first-order valence-electron chi connectivity index (χ1n) is 4.65. The second-order valence-corrected chi connectivity index (χ2v) is 3.01. The second kappa shape index (κ2) is 7.65. The molecule has 0 unspecified atom stereocenters. The molecule has 13 heavy (non-hydrogen) atoms. The van der Waals surface area contributed by atoms with E-state index in [0.29, 0.717) is 6.61 Å². The lowest BCUT2D eigenvalue weighted by Crippen LogP contribution is -2.03. The van der Waals surface area contributed by atoms with Gasteiger partial charge in [0.25, 0.3) is 0 Å². The molecular weight excluding hydrogens is 168 g/mol. The number of rotatable bonds is 6. The van der Waals surface area contributed by atoms with Crippen molar-refractivity contribution < 1.29 is 14.3 Å². The zero-order valence-electron chi connectivity index (χ0n) is 8.58. The molecule has 0 saturated carbocycles. The van der Waals surface area contributed by atoms with Gasteiger partial charge in [-0.1, -0.05) is 13.3 Å². The van der Waals surface area contributed by atoms with E-state index < -0.39 is 0 Å². The highest BCUT2D eigenvalue weighted by Gasteiger charge is 1.95. The summed E-state index contributed by atoms with van der Waals surface area (Å²) < 4.78 is 9.90. The highest BCUT2D eigenvalue weighted by Crippen LogP contribution is 1.92. The third-order valence-corrected chi connectivity index (χ3v) is 1.30. The molecule has 0 amide bonds. The van der Waals surface area contributed by atoms with Gasteiger partial charge in [0.1, 0.15) is 0 Å². The lowest BCUT2D eigenvalue weighted by molar-refractivity contribution is -0.138. The molecule has 76 valence electrons. The number of ether oxygens (including phenoxy) is 2. The highest BCUT2D eigenvalue weighted by atomic mass is 16.5. The molecule has 0 aromatic carbocycles. The minimum Gasteiger partial charge on any atom is -0.498 e. The zero-order chi connectivity index (χ0) is 10.1. The largest absolute Gasteiger partial charge is 0.498 e. The van der Waals surface area contributed by atoms with Crippen LogP contribution in [0.1, 0.15) is 33.6 Å². The quantitative estimate of drug-likeness (QED) is 0.276. The lowest BCUT2D eigenvalue weighted by Gasteiger charge is -2.02. The van der Waals surface area contributed by atoms with Gasteiger partial charge in [-0.05, 0) is 20.3 Å². The molecule has 0 atom stereocenters. The number of hydrogen-bond acceptors (Lipinski definition) is 3. The monoisotopic (exact) mass is 186 g/mol. The summed E-state index contributed by atoms with van der Waals surface area (Å²) >= 11 is 0. The standard InChI is InChI=1S/C10H18O3/c1-4-5-7-13-10(11)6-8-12-9(2)3/h6,8-9H,4-5,7H2,1-3H3/b8-6+. The lowest BCUT2D eigenvalue weighted by atomic mass is 10.4. The average molecular weight is 186 g/mol. The summed E-state index contributed by atoms with van der Waals surface area (Å²) in [6.45, 7) is 6.33. The van der Waals surface area contributed by atoms with Crippen molar-refractivity contribution in [3.8, 4) is 0 Å². The van der Waals surface area contributed by atoms with Crippen LogP contribution in [0.4, 0.5) is 0 Å². The summed E-state index contributed by atoms with van der Waals surface area (Å²) in [5, 5.41) is 0. The third kappa shape index (κ3) is 8.92. The Kier molecular flexibility index (Phi) is 7.07. The summed E-state index contributed by atoms with van der Waals surface area (Å²) in [7, 11) is 0. The van der Waals surface area contributed by atoms with Crippen LogP contribution in [-0.2, 0) is 14.3 Å². The number of carbonyl (C=O) groups excluding carboxylic acids is 1. The molecule has 0 aliphatic carbocycles. The molecule has 0 N–H and O–H groups in total. The Balaban J connectivity index is 3.44. The summed E-state index contributed by atoms with van der Waals surface area (Å²) in [6, 6.07) is 0. The van der Waals surface area contributed by atoms with Crippen molar-refractivity contribution in [1.29, 1.82) is 0 Å². The van der Waals surface area contributed by atoms with Crippen LogP contribution >= 0.6 is 0 Å². The van der Waals surface area contributed by atoms with E-state index >= 15 is 0 Å². The summed E-state index contributed by atoms with van der Waals surface area (Å²) in [5.74, 6) is -0.339. The molecule has 0 aromatic heterocycles.